The lowest BCUT2D eigenvalue weighted by atomic mass is 9.81. The van der Waals surface area contributed by atoms with Crippen molar-refractivity contribution in [1.29, 1.82) is 0 Å². The van der Waals surface area contributed by atoms with Crippen molar-refractivity contribution in [3.63, 3.8) is 0 Å². The van der Waals surface area contributed by atoms with Crippen molar-refractivity contribution in [2.45, 2.75) is 57.8 Å². The molecule has 0 saturated carbocycles. The minimum absolute atomic E-state index is 0.151. The minimum Gasteiger partial charge on any atom is -0.295 e. The highest BCUT2D eigenvalue weighted by Gasteiger charge is 2.39. The zero-order chi connectivity index (χ0) is 51.1. The van der Waals surface area contributed by atoms with Crippen LogP contribution in [0, 0.1) is 0 Å². The van der Waals surface area contributed by atoms with Gasteiger partial charge in [0.05, 0.1) is 0 Å². The Bertz CT molecular complexity index is 3570. The molecule has 0 unspecified atom stereocenters. The molecule has 0 amide bonds. The van der Waals surface area contributed by atoms with E-state index in [0.29, 0.717) is 0 Å². The molecule has 10 aromatic rings. The third-order valence-corrected chi connectivity index (χ3v) is 16.3. The lowest BCUT2D eigenvalue weighted by Gasteiger charge is -2.27. The summed E-state index contributed by atoms with van der Waals surface area (Å²) in [5.74, 6) is 1.79. The monoisotopic (exact) mass is 966 g/mol. The van der Waals surface area contributed by atoms with Crippen molar-refractivity contribution in [1.82, 2.24) is 9.97 Å². The first-order valence-corrected chi connectivity index (χ1v) is 26.2. The molecule has 2 aromatic heterocycles. The zero-order valence-corrected chi connectivity index (χ0v) is 43.4. The average Bonchev–Trinajstić information content (AvgIpc) is 4.05. The topological polar surface area (TPSA) is 32.3 Å². The molecule has 0 aliphatic heterocycles. The Morgan fingerprint density at radius 3 is 0.853 bits per heavy atom. The van der Waals surface area contributed by atoms with E-state index in [0.717, 1.165) is 34.4 Å². The maximum atomic E-state index is 4.76. The summed E-state index contributed by atoms with van der Waals surface area (Å²) >= 11 is 0. The van der Waals surface area contributed by atoms with Crippen molar-refractivity contribution in [2.75, 3.05) is 9.80 Å². The van der Waals surface area contributed by atoms with E-state index in [4.69, 9.17) is 9.97 Å². The van der Waals surface area contributed by atoms with Crippen LogP contribution in [0.25, 0.3) is 57.7 Å². The predicted molar refractivity (Wildman–Crippen MR) is 315 cm³/mol. The molecule has 0 spiro atoms. The molecular formula is C71H58N4. The molecule has 2 heterocycles. The first-order chi connectivity index (χ1) is 36.4. The van der Waals surface area contributed by atoms with Crippen LogP contribution in [0.3, 0.4) is 0 Å². The molecular weight excluding hydrogens is 909 g/mol. The number of aromatic nitrogens is 2. The van der Waals surface area contributed by atoms with Crippen LogP contribution in [-0.2, 0) is 16.2 Å². The summed E-state index contributed by atoms with van der Waals surface area (Å²) in [6, 6.07) is 75.0. The second kappa shape index (κ2) is 17.7. The summed E-state index contributed by atoms with van der Waals surface area (Å²) in [5, 5.41) is 0. The molecule has 0 N–H and O–H groups in total. The van der Waals surface area contributed by atoms with Crippen molar-refractivity contribution >= 4 is 58.7 Å². The van der Waals surface area contributed by atoms with Gasteiger partial charge in [0.2, 0.25) is 0 Å². The maximum absolute atomic E-state index is 4.76. The summed E-state index contributed by atoms with van der Waals surface area (Å²) < 4.78 is 0. The third-order valence-electron chi connectivity index (χ3n) is 16.3. The van der Waals surface area contributed by atoms with Crippen LogP contribution < -0.4 is 9.80 Å². The molecule has 362 valence electrons. The van der Waals surface area contributed by atoms with E-state index in [9.17, 15) is 0 Å². The number of anilines is 6. The first-order valence-electron chi connectivity index (χ1n) is 26.2. The number of rotatable bonds is 10. The Morgan fingerprint density at radius 1 is 0.280 bits per heavy atom. The number of para-hydroxylation sites is 2. The number of hydrogen-bond acceptors (Lipinski definition) is 4. The largest absolute Gasteiger partial charge is 0.295 e. The van der Waals surface area contributed by atoms with Crippen molar-refractivity contribution in [3.05, 3.63) is 274 Å². The lowest BCUT2D eigenvalue weighted by molar-refractivity contribution is 0.660. The fourth-order valence-corrected chi connectivity index (χ4v) is 12.3. The molecule has 4 nitrogen and oxygen atoms in total. The van der Waals surface area contributed by atoms with Gasteiger partial charge in [-0.3, -0.25) is 9.80 Å². The van der Waals surface area contributed by atoms with Gasteiger partial charge in [-0.15, -0.1) is 0 Å². The van der Waals surface area contributed by atoms with Gasteiger partial charge in [0.1, 0.15) is 11.6 Å². The molecule has 3 aliphatic carbocycles. The van der Waals surface area contributed by atoms with Gasteiger partial charge < -0.3 is 0 Å². The molecule has 3 aliphatic rings. The lowest BCUT2D eigenvalue weighted by Crippen LogP contribution is -2.17. The van der Waals surface area contributed by atoms with E-state index < -0.39 is 0 Å². The average molecular weight is 967 g/mol. The van der Waals surface area contributed by atoms with Gasteiger partial charge in [0.15, 0.2) is 0 Å². The second-order valence-electron chi connectivity index (χ2n) is 21.9. The van der Waals surface area contributed by atoms with Gasteiger partial charge in [-0.05, 0) is 162 Å². The van der Waals surface area contributed by atoms with E-state index in [1.54, 1.807) is 0 Å². The molecule has 0 atom stereocenters. The van der Waals surface area contributed by atoms with Gasteiger partial charge in [0.25, 0.3) is 0 Å². The normalized spacial score (nSPS) is 14.7. The van der Waals surface area contributed by atoms with E-state index in [2.05, 4.69) is 258 Å². The van der Waals surface area contributed by atoms with Crippen LogP contribution in [0.4, 0.5) is 34.4 Å². The standard InChI is InChI=1S/C71H58N4/c1-69(2)61-41-47(23-25-49-29-35-57-59-37-31-53(45-65(59)70(3,4)63(57)43-49)74(51-17-9-7-10-18-51)67-21-13-15-39-72-67)27-33-55(61)56-34-28-48(42-62(56)69)24-26-50-30-36-58-60-38-32-54(46-66(60)71(5,6)64(58)44-50)75(52-19-11-8-12-20-52)68-22-14-16-40-73-68/h7-46H,1-6H3/b25-23+,26-24+. The second-order valence-corrected chi connectivity index (χ2v) is 21.9. The fourth-order valence-electron chi connectivity index (χ4n) is 12.3. The van der Waals surface area contributed by atoms with Crippen molar-refractivity contribution in [3.8, 4) is 33.4 Å². The molecule has 0 saturated heterocycles. The fraction of sp³-hybridized carbons (Fsp3) is 0.127. The smallest absolute Gasteiger partial charge is 0.137 e. The highest BCUT2D eigenvalue weighted by Crippen LogP contribution is 2.54. The van der Waals surface area contributed by atoms with Crippen molar-refractivity contribution < 1.29 is 0 Å². The van der Waals surface area contributed by atoms with Gasteiger partial charge >= 0.3 is 0 Å². The molecule has 13 rings (SSSR count). The van der Waals surface area contributed by atoms with Crippen LogP contribution in [0.15, 0.2) is 219 Å². The maximum Gasteiger partial charge on any atom is 0.137 e. The number of hydrogen-bond donors (Lipinski definition) is 0. The van der Waals surface area contributed by atoms with Gasteiger partial charge in [-0.1, -0.05) is 199 Å². The SMILES string of the molecule is CC1(C)c2cc(/C=C/c3ccc4c(c3)C(C)(C)c3cc(N(c5ccccc5)c5ccccn5)ccc3-4)ccc2-c2ccc(/C=C/c3ccc4c(c3)C(C)(C)c3cc(N(c5ccccc5)c5ccccn5)ccc3-4)cc21. The Morgan fingerprint density at radius 2 is 0.560 bits per heavy atom. The van der Waals surface area contributed by atoms with Gasteiger partial charge in [-0.2, -0.15) is 0 Å². The van der Waals surface area contributed by atoms with Crippen LogP contribution >= 0.6 is 0 Å². The van der Waals surface area contributed by atoms with E-state index in [-0.39, 0.29) is 16.2 Å². The molecule has 0 bridgehead atoms. The molecule has 75 heavy (non-hydrogen) atoms. The summed E-state index contributed by atoms with van der Waals surface area (Å²) in [6.07, 6.45) is 12.8. The number of nitrogens with zero attached hydrogens (tertiary/aromatic N) is 4. The molecule has 8 aromatic carbocycles. The number of fused-ring (bicyclic) bond motifs is 9. The minimum atomic E-state index is -0.183. The predicted octanol–water partition coefficient (Wildman–Crippen LogP) is 18.7. The summed E-state index contributed by atoms with van der Waals surface area (Å²) in [7, 11) is 0. The number of pyridine rings is 2. The molecule has 0 radical (unpaired) electrons. The van der Waals surface area contributed by atoms with Crippen LogP contribution in [0.2, 0.25) is 0 Å². The van der Waals surface area contributed by atoms with Crippen LogP contribution in [-0.4, -0.2) is 9.97 Å². The zero-order valence-electron chi connectivity index (χ0n) is 43.4. The summed E-state index contributed by atoms with van der Waals surface area (Å²) in [6.45, 7) is 14.2. The van der Waals surface area contributed by atoms with Gasteiger partial charge in [0, 0.05) is 51.4 Å². The Labute approximate surface area is 441 Å². The third kappa shape index (κ3) is 7.74. The van der Waals surface area contributed by atoms with E-state index in [1.165, 1.54) is 89.0 Å². The quantitative estimate of drug-likeness (QED) is 0.128. The van der Waals surface area contributed by atoms with E-state index >= 15 is 0 Å². The highest BCUT2D eigenvalue weighted by atomic mass is 15.2. The Kier molecular flexibility index (Phi) is 10.8. The Hall–Kier alpha value is -8.86. The van der Waals surface area contributed by atoms with Gasteiger partial charge in [-0.25, -0.2) is 9.97 Å². The highest BCUT2D eigenvalue weighted by molar-refractivity contribution is 5.90. The summed E-state index contributed by atoms with van der Waals surface area (Å²) in [4.78, 5) is 14.0. The van der Waals surface area contributed by atoms with Crippen LogP contribution in [0.5, 0.6) is 0 Å². The summed E-state index contributed by atoms with van der Waals surface area (Å²) in [5.41, 5.74) is 24.6. The molecule has 0 fully saturated rings. The van der Waals surface area contributed by atoms with E-state index in [1.807, 2.05) is 36.7 Å². The number of benzene rings is 8. The molecule has 4 heteroatoms. The Balaban J connectivity index is 0.731. The first kappa shape index (κ1) is 46.0. The van der Waals surface area contributed by atoms with Crippen LogP contribution in [0.1, 0.15) is 97.2 Å². The van der Waals surface area contributed by atoms with Crippen molar-refractivity contribution in [2.24, 2.45) is 0 Å².